The number of esters is 1. The molecule has 1 aliphatic heterocycles. The zero-order chi connectivity index (χ0) is 40.7. The van der Waals surface area contributed by atoms with E-state index in [9.17, 15) is 25.2 Å². The van der Waals surface area contributed by atoms with Gasteiger partial charge in [-0.25, -0.2) is 0 Å². The van der Waals surface area contributed by atoms with Crippen LogP contribution in [0.15, 0.2) is 24.3 Å². The van der Waals surface area contributed by atoms with Gasteiger partial charge in [-0.15, -0.1) is 0 Å². The number of carbonyl (C=O) groups excluding carboxylic acids is 1. The van der Waals surface area contributed by atoms with Gasteiger partial charge in [0.2, 0.25) is 0 Å². The molecule has 0 aliphatic carbocycles. The summed E-state index contributed by atoms with van der Waals surface area (Å²) in [5, 5.41) is 40.1. The van der Waals surface area contributed by atoms with Gasteiger partial charge in [0.05, 0.1) is 19.8 Å². The maximum Gasteiger partial charge on any atom is 0.306 e. The SMILES string of the molecule is CCCCCCC/C=C\C/C=C\CCCCCCCCCCCCOCC(COC1OC(CO)C(O)C(O)C1O)OC(=O)CCCCCCCCCCCCC. The van der Waals surface area contributed by atoms with Gasteiger partial charge in [-0.3, -0.25) is 4.79 Å². The second-order valence-electron chi connectivity index (χ2n) is 16.2. The van der Waals surface area contributed by atoms with E-state index in [1.165, 1.54) is 148 Å². The highest BCUT2D eigenvalue weighted by atomic mass is 16.7. The monoisotopic (exact) mass is 797 g/mol. The Kier molecular flexibility index (Phi) is 36.8. The second kappa shape index (κ2) is 39.1. The molecule has 9 nitrogen and oxygen atoms in total. The predicted octanol–water partition coefficient (Wildman–Crippen LogP) is 10.6. The molecule has 6 unspecified atom stereocenters. The zero-order valence-electron chi connectivity index (χ0n) is 36.1. The Morgan fingerprint density at radius 3 is 1.54 bits per heavy atom. The Morgan fingerprint density at radius 2 is 1.04 bits per heavy atom. The van der Waals surface area contributed by atoms with E-state index >= 15 is 0 Å². The first-order valence-corrected chi connectivity index (χ1v) is 23.4. The molecule has 1 fully saturated rings. The molecule has 0 saturated carbocycles. The number of allylic oxidation sites excluding steroid dienone is 4. The molecule has 0 bridgehead atoms. The number of hydrogen-bond donors (Lipinski definition) is 4. The van der Waals surface area contributed by atoms with Crippen molar-refractivity contribution >= 4 is 5.97 Å². The highest BCUT2D eigenvalue weighted by Gasteiger charge is 2.44. The number of ether oxygens (including phenoxy) is 4. The molecule has 9 heteroatoms. The average molecular weight is 797 g/mol. The quantitative estimate of drug-likeness (QED) is 0.0271. The van der Waals surface area contributed by atoms with Gasteiger partial charge < -0.3 is 39.4 Å². The molecule has 0 aromatic rings. The van der Waals surface area contributed by atoms with Gasteiger partial charge in [0.1, 0.15) is 30.5 Å². The summed E-state index contributed by atoms with van der Waals surface area (Å²) in [6, 6.07) is 0. The topological polar surface area (TPSA) is 135 Å². The maximum atomic E-state index is 12.7. The first-order chi connectivity index (χ1) is 27.4. The third-order valence-corrected chi connectivity index (χ3v) is 10.9. The predicted molar refractivity (Wildman–Crippen MR) is 229 cm³/mol. The van der Waals surface area contributed by atoms with Crippen LogP contribution in [0.3, 0.4) is 0 Å². The van der Waals surface area contributed by atoms with Crippen LogP contribution in [0.5, 0.6) is 0 Å². The molecule has 0 aromatic heterocycles. The molecular weight excluding hydrogens is 709 g/mol. The second-order valence-corrected chi connectivity index (χ2v) is 16.2. The highest BCUT2D eigenvalue weighted by Crippen LogP contribution is 2.23. The van der Waals surface area contributed by atoms with E-state index in [1.807, 2.05) is 0 Å². The zero-order valence-corrected chi connectivity index (χ0v) is 36.1. The summed E-state index contributed by atoms with van der Waals surface area (Å²) in [5.41, 5.74) is 0. The lowest BCUT2D eigenvalue weighted by molar-refractivity contribution is -0.305. The van der Waals surface area contributed by atoms with Gasteiger partial charge in [0, 0.05) is 13.0 Å². The molecule has 330 valence electrons. The first-order valence-electron chi connectivity index (χ1n) is 23.4. The van der Waals surface area contributed by atoms with Gasteiger partial charge in [-0.2, -0.15) is 0 Å². The van der Waals surface area contributed by atoms with E-state index in [0.29, 0.717) is 13.0 Å². The van der Waals surface area contributed by atoms with Gasteiger partial charge >= 0.3 is 5.97 Å². The van der Waals surface area contributed by atoms with Crippen LogP contribution in [0, 0.1) is 0 Å². The summed E-state index contributed by atoms with van der Waals surface area (Å²) in [5.74, 6) is -0.314. The molecule has 1 heterocycles. The van der Waals surface area contributed by atoms with Crippen molar-refractivity contribution in [3.8, 4) is 0 Å². The summed E-state index contributed by atoms with van der Waals surface area (Å²) < 4.78 is 22.8. The molecule has 1 aliphatic rings. The molecule has 1 saturated heterocycles. The third-order valence-electron chi connectivity index (χ3n) is 10.9. The number of carbonyl (C=O) groups is 1. The molecule has 1 rings (SSSR count). The lowest BCUT2D eigenvalue weighted by Gasteiger charge is -2.39. The lowest BCUT2D eigenvalue weighted by atomic mass is 9.99. The average Bonchev–Trinajstić information content (AvgIpc) is 3.20. The van der Waals surface area contributed by atoms with Crippen molar-refractivity contribution in [1.29, 1.82) is 0 Å². The van der Waals surface area contributed by atoms with Crippen LogP contribution in [-0.4, -0.2) is 89.6 Å². The fourth-order valence-electron chi connectivity index (χ4n) is 7.17. The van der Waals surface area contributed by atoms with Gasteiger partial charge in [0.25, 0.3) is 0 Å². The highest BCUT2D eigenvalue weighted by molar-refractivity contribution is 5.69. The summed E-state index contributed by atoms with van der Waals surface area (Å²) in [6.45, 7) is 4.55. The molecule has 0 aromatic carbocycles. The van der Waals surface area contributed by atoms with E-state index in [2.05, 4.69) is 38.2 Å². The van der Waals surface area contributed by atoms with Crippen molar-refractivity contribution in [3.63, 3.8) is 0 Å². The number of rotatable bonds is 40. The van der Waals surface area contributed by atoms with Gasteiger partial charge in [-0.1, -0.05) is 179 Å². The van der Waals surface area contributed by atoms with Crippen molar-refractivity contribution in [2.45, 2.75) is 243 Å². The number of aliphatic hydroxyl groups excluding tert-OH is 4. The van der Waals surface area contributed by atoms with Crippen LogP contribution < -0.4 is 0 Å². The normalized spacial score (nSPS) is 20.7. The van der Waals surface area contributed by atoms with Crippen molar-refractivity contribution in [3.05, 3.63) is 24.3 Å². The molecule has 0 radical (unpaired) electrons. The van der Waals surface area contributed by atoms with Crippen LogP contribution in [0.4, 0.5) is 0 Å². The van der Waals surface area contributed by atoms with Crippen LogP contribution >= 0.6 is 0 Å². The fourth-order valence-corrected chi connectivity index (χ4v) is 7.17. The minimum atomic E-state index is -1.53. The molecular formula is C47H88O9. The van der Waals surface area contributed by atoms with Crippen LogP contribution in [0.1, 0.15) is 206 Å². The van der Waals surface area contributed by atoms with Crippen molar-refractivity contribution < 1.29 is 44.2 Å². The number of unbranched alkanes of at least 4 members (excludes halogenated alkanes) is 25. The van der Waals surface area contributed by atoms with Crippen LogP contribution in [0.25, 0.3) is 0 Å². The Hall–Kier alpha value is -1.33. The third kappa shape index (κ3) is 29.8. The Bertz CT molecular complexity index is 910. The Labute approximate surface area is 343 Å². The summed E-state index contributed by atoms with van der Waals surface area (Å²) in [7, 11) is 0. The molecule has 0 amide bonds. The summed E-state index contributed by atoms with van der Waals surface area (Å²) >= 11 is 0. The van der Waals surface area contributed by atoms with Gasteiger partial charge in [-0.05, 0) is 44.9 Å². The number of aliphatic hydroxyl groups is 4. The molecule has 56 heavy (non-hydrogen) atoms. The van der Waals surface area contributed by atoms with E-state index in [1.54, 1.807) is 0 Å². The van der Waals surface area contributed by atoms with E-state index in [-0.39, 0.29) is 19.2 Å². The Balaban J connectivity index is 2.19. The minimum absolute atomic E-state index is 0.111. The van der Waals surface area contributed by atoms with E-state index in [4.69, 9.17) is 18.9 Å². The smallest absolute Gasteiger partial charge is 0.306 e. The van der Waals surface area contributed by atoms with Crippen molar-refractivity contribution in [2.75, 3.05) is 26.4 Å². The van der Waals surface area contributed by atoms with Gasteiger partial charge in [0.15, 0.2) is 6.29 Å². The summed E-state index contributed by atoms with van der Waals surface area (Å²) in [6.07, 6.45) is 37.8. The Morgan fingerprint density at radius 1 is 0.571 bits per heavy atom. The lowest BCUT2D eigenvalue weighted by Crippen LogP contribution is -2.59. The molecule has 0 spiro atoms. The largest absolute Gasteiger partial charge is 0.457 e. The van der Waals surface area contributed by atoms with Crippen LogP contribution in [0.2, 0.25) is 0 Å². The minimum Gasteiger partial charge on any atom is -0.457 e. The van der Waals surface area contributed by atoms with E-state index in [0.717, 1.165) is 38.5 Å². The summed E-state index contributed by atoms with van der Waals surface area (Å²) in [4.78, 5) is 12.7. The standard InChI is InChI=1S/C47H88O9/c1-3-5-7-9-11-13-15-16-17-18-19-20-21-22-23-24-25-27-29-31-33-35-37-53-39-41(40-54-47-46(52)45(51)44(50)42(38-48)56-47)55-43(49)36-34-32-30-28-26-14-12-10-8-6-4-2/h15-16,18-19,41-42,44-48,50-52H,3-14,17,20-40H2,1-2H3/b16-15-,19-18-. The van der Waals surface area contributed by atoms with E-state index < -0.39 is 43.4 Å². The van der Waals surface area contributed by atoms with Crippen LogP contribution in [-0.2, 0) is 23.7 Å². The fraction of sp³-hybridized carbons (Fsp3) is 0.894. The first kappa shape index (κ1) is 52.7. The van der Waals surface area contributed by atoms with Crippen molar-refractivity contribution in [2.24, 2.45) is 0 Å². The maximum absolute atomic E-state index is 12.7. The van der Waals surface area contributed by atoms with Crippen molar-refractivity contribution in [1.82, 2.24) is 0 Å². The molecule has 4 N–H and O–H groups in total. The number of hydrogen-bond acceptors (Lipinski definition) is 9. The molecule has 6 atom stereocenters.